The zero-order valence-corrected chi connectivity index (χ0v) is 13.7. The molecule has 1 fully saturated rings. The van der Waals surface area contributed by atoms with Gasteiger partial charge in [0.1, 0.15) is 0 Å². The van der Waals surface area contributed by atoms with Crippen molar-refractivity contribution in [2.75, 3.05) is 13.2 Å². The van der Waals surface area contributed by atoms with Crippen LogP contribution < -0.4 is 5.32 Å². The zero-order valence-electron chi connectivity index (χ0n) is 13.7. The van der Waals surface area contributed by atoms with E-state index < -0.39 is 0 Å². The quantitative estimate of drug-likeness (QED) is 0.768. The second kappa shape index (κ2) is 7.64. The fourth-order valence-corrected chi connectivity index (χ4v) is 3.36. The van der Waals surface area contributed by atoms with Crippen molar-refractivity contribution in [3.63, 3.8) is 0 Å². The number of rotatable bonds is 6. The number of aliphatic hydroxyl groups excluding tert-OH is 1. The second-order valence-electron chi connectivity index (χ2n) is 8.00. The molecule has 1 unspecified atom stereocenters. The largest absolute Gasteiger partial charge is 0.395 e. The van der Waals surface area contributed by atoms with Crippen LogP contribution in [0.3, 0.4) is 0 Å². The van der Waals surface area contributed by atoms with Crippen molar-refractivity contribution in [1.82, 2.24) is 5.32 Å². The molecule has 0 spiro atoms. The highest BCUT2D eigenvalue weighted by Gasteiger charge is 2.29. The molecule has 19 heavy (non-hydrogen) atoms. The van der Waals surface area contributed by atoms with Gasteiger partial charge in [-0.25, -0.2) is 0 Å². The van der Waals surface area contributed by atoms with E-state index in [1.807, 2.05) is 0 Å². The van der Waals surface area contributed by atoms with Crippen LogP contribution in [-0.4, -0.2) is 24.3 Å². The SMILES string of the molecule is CC(C)CC(CO)NCC1CCC(C(C)(C)C)CC1. The van der Waals surface area contributed by atoms with Crippen LogP contribution in [0.1, 0.15) is 66.7 Å². The van der Waals surface area contributed by atoms with Crippen molar-refractivity contribution in [2.24, 2.45) is 23.2 Å². The fraction of sp³-hybridized carbons (Fsp3) is 1.00. The normalized spacial score (nSPS) is 26.7. The summed E-state index contributed by atoms with van der Waals surface area (Å²) in [6.07, 6.45) is 6.55. The molecule has 114 valence electrons. The molecule has 0 saturated heterocycles. The molecule has 0 radical (unpaired) electrons. The van der Waals surface area contributed by atoms with Crippen LogP contribution in [0.25, 0.3) is 0 Å². The Morgan fingerprint density at radius 1 is 1.11 bits per heavy atom. The Balaban J connectivity index is 2.25. The Morgan fingerprint density at radius 3 is 2.11 bits per heavy atom. The van der Waals surface area contributed by atoms with Crippen molar-refractivity contribution in [2.45, 2.75) is 72.8 Å². The third-order valence-corrected chi connectivity index (χ3v) is 4.74. The van der Waals surface area contributed by atoms with Gasteiger partial charge in [-0.05, 0) is 61.8 Å². The smallest absolute Gasteiger partial charge is 0.0584 e. The molecular weight excluding hydrogens is 234 g/mol. The molecule has 0 aliphatic heterocycles. The summed E-state index contributed by atoms with van der Waals surface area (Å²) >= 11 is 0. The Hall–Kier alpha value is -0.0800. The van der Waals surface area contributed by atoms with Gasteiger partial charge in [0.25, 0.3) is 0 Å². The van der Waals surface area contributed by atoms with E-state index in [9.17, 15) is 5.11 Å². The molecule has 1 aliphatic rings. The van der Waals surface area contributed by atoms with E-state index in [2.05, 4.69) is 39.9 Å². The first-order valence-electron chi connectivity index (χ1n) is 8.17. The van der Waals surface area contributed by atoms with Crippen molar-refractivity contribution >= 4 is 0 Å². The van der Waals surface area contributed by atoms with E-state index in [4.69, 9.17) is 0 Å². The molecule has 2 heteroatoms. The lowest BCUT2D eigenvalue weighted by atomic mass is 9.70. The molecule has 2 N–H and O–H groups in total. The molecule has 0 aromatic carbocycles. The van der Waals surface area contributed by atoms with E-state index in [-0.39, 0.29) is 6.61 Å². The van der Waals surface area contributed by atoms with Gasteiger partial charge in [0.2, 0.25) is 0 Å². The summed E-state index contributed by atoms with van der Waals surface area (Å²) in [6, 6.07) is 0.292. The minimum atomic E-state index is 0.273. The molecule has 1 rings (SSSR count). The monoisotopic (exact) mass is 269 g/mol. The number of hydrogen-bond donors (Lipinski definition) is 2. The topological polar surface area (TPSA) is 32.3 Å². The van der Waals surface area contributed by atoms with Gasteiger partial charge in [-0.2, -0.15) is 0 Å². The van der Waals surface area contributed by atoms with Crippen molar-refractivity contribution < 1.29 is 5.11 Å². The van der Waals surface area contributed by atoms with E-state index in [1.165, 1.54) is 25.7 Å². The lowest BCUT2D eigenvalue weighted by molar-refractivity contribution is 0.143. The maximum absolute atomic E-state index is 9.39. The zero-order chi connectivity index (χ0) is 14.5. The molecule has 2 nitrogen and oxygen atoms in total. The summed E-state index contributed by atoms with van der Waals surface area (Å²) in [7, 11) is 0. The first-order valence-corrected chi connectivity index (χ1v) is 8.17. The Bertz CT molecular complexity index is 236. The van der Waals surface area contributed by atoms with Gasteiger partial charge >= 0.3 is 0 Å². The highest BCUT2D eigenvalue weighted by Crippen LogP contribution is 2.39. The molecule has 0 amide bonds. The predicted molar refractivity (Wildman–Crippen MR) is 83.2 cm³/mol. The highest BCUT2D eigenvalue weighted by molar-refractivity contribution is 4.82. The van der Waals surface area contributed by atoms with Gasteiger partial charge in [0.15, 0.2) is 0 Å². The van der Waals surface area contributed by atoms with Gasteiger partial charge in [0, 0.05) is 6.04 Å². The van der Waals surface area contributed by atoms with E-state index >= 15 is 0 Å². The van der Waals surface area contributed by atoms with Crippen LogP contribution in [0.15, 0.2) is 0 Å². The molecule has 0 heterocycles. The Kier molecular flexibility index (Phi) is 6.82. The fourth-order valence-electron chi connectivity index (χ4n) is 3.36. The maximum Gasteiger partial charge on any atom is 0.0584 e. The summed E-state index contributed by atoms with van der Waals surface area (Å²) < 4.78 is 0. The third-order valence-electron chi connectivity index (χ3n) is 4.74. The third kappa shape index (κ3) is 6.27. The summed E-state index contributed by atoms with van der Waals surface area (Å²) in [5.74, 6) is 2.37. The van der Waals surface area contributed by atoms with E-state index in [0.717, 1.165) is 24.8 Å². The lowest BCUT2D eigenvalue weighted by Gasteiger charge is -2.37. The lowest BCUT2D eigenvalue weighted by Crippen LogP contribution is -2.38. The van der Waals surface area contributed by atoms with E-state index in [1.54, 1.807) is 0 Å². The highest BCUT2D eigenvalue weighted by atomic mass is 16.3. The van der Waals surface area contributed by atoms with Gasteiger partial charge in [-0.15, -0.1) is 0 Å². The van der Waals surface area contributed by atoms with Gasteiger partial charge in [-0.1, -0.05) is 34.6 Å². The average Bonchev–Trinajstić information content (AvgIpc) is 2.33. The van der Waals surface area contributed by atoms with Crippen LogP contribution in [0.4, 0.5) is 0 Å². The summed E-state index contributed by atoms with van der Waals surface area (Å²) in [6.45, 7) is 12.9. The van der Waals surface area contributed by atoms with Gasteiger partial charge in [0.05, 0.1) is 6.61 Å². The molecule has 0 bridgehead atoms. The first kappa shape index (κ1) is 17.0. The minimum absolute atomic E-state index is 0.273. The van der Waals surface area contributed by atoms with Crippen LogP contribution in [0.5, 0.6) is 0 Å². The van der Waals surface area contributed by atoms with Gasteiger partial charge in [-0.3, -0.25) is 0 Å². The Labute approximate surface area is 120 Å². The summed E-state index contributed by atoms with van der Waals surface area (Å²) in [5, 5.41) is 13.0. The average molecular weight is 269 g/mol. The summed E-state index contributed by atoms with van der Waals surface area (Å²) in [4.78, 5) is 0. The van der Waals surface area contributed by atoms with Crippen molar-refractivity contribution in [1.29, 1.82) is 0 Å². The van der Waals surface area contributed by atoms with Crippen LogP contribution in [0, 0.1) is 23.2 Å². The number of nitrogens with one attached hydrogen (secondary N) is 1. The number of aliphatic hydroxyl groups is 1. The predicted octanol–water partition coefficient (Wildman–Crippen LogP) is 3.84. The van der Waals surface area contributed by atoms with Crippen LogP contribution in [0.2, 0.25) is 0 Å². The molecule has 1 atom stereocenters. The molecule has 0 aromatic heterocycles. The Morgan fingerprint density at radius 2 is 1.68 bits per heavy atom. The van der Waals surface area contributed by atoms with Gasteiger partial charge < -0.3 is 10.4 Å². The van der Waals surface area contributed by atoms with Crippen molar-refractivity contribution in [3.8, 4) is 0 Å². The minimum Gasteiger partial charge on any atom is -0.395 e. The second-order valence-corrected chi connectivity index (χ2v) is 8.00. The van der Waals surface area contributed by atoms with Crippen LogP contribution in [-0.2, 0) is 0 Å². The summed E-state index contributed by atoms with van der Waals surface area (Å²) in [5.41, 5.74) is 0.476. The molecule has 1 saturated carbocycles. The molecular formula is C17H35NO. The van der Waals surface area contributed by atoms with E-state index in [0.29, 0.717) is 17.4 Å². The standard InChI is InChI=1S/C17H35NO/c1-13(2)10-16(12-19)18-11-14-6-8-15(9-7-14)17(3,4)5/h13-16,18-19H,6-12H2,1-5H3. The van der Waals surface area contributed by atoms with Crippen molar-refractivity contribution in [3.05, 3.63) is 0 Å². The van der Waals surface area contributed by atoms with Crippen LogP contribution >= 0.6 is 0 Å². The maximum atomic E-state index is 9.39. The number of hydrogen-bond acceptors (Lipinski definition) is 2. The first-order chi connectivity index (χ1) is 8.82. The molecule has 0 aromatic rings. The molecule has 1 aliphatic carbocycles.